The van der Waals surface area contributed by atoms with E-state index in [1.54, 1.807) is 0 Å². The Morgan fingerprint density at radius 1 is 1.13 bits per heavy atom. The molecule has 1 saturated heterocycles. The van der Waals surface area contributed by atoms with Crippen molar-refractivity contribution in [3.63, 3.8) is 0 Å². The summed E-state index contributed by atoms with van der Waals surface area (Å²) in [5, 5.41) is 3.03. The van der Waals surface area contributed by atoms with Gasteiger partial charge in [-0.05, 0) is 49.4 Å². The van der Waals surface area contributed by atoms with Crippen LogP contribution in [0.15, 0.2) is 48.5 Å². The van der Waals surface area contributed by atoms with Crippen LogP contribution in [-0.2, 0) is 6.42 Å². The van der Waals surface area contributed by atoms with Gasteiger partial charge in [-0.15, -0.1) is 0 Å². The van der Waals surface area contributed by atoms with Gasteiger partial charge in [0.25, 0.3) is 0 Å². The largest absolute Gasteiger partial charge is 0.322 e. The van der Waals surface area contributed by atoms with E-state index < -0.39 is 0 Å². The number of aryl methyl sites for hydroxylation is 2. The van der Waals surface area contributed by atoms with E-state index in [0.717, 1.165) is 31.5 Å². The van der Waals surface area contributed by atoms with Crippen LogP contribution in [0.5, 0.6) is 0 Å². The van der Waals surface area contributed by atoms with Crippen molar-refractivity contribution in [2.45, 2.75) is 39.2 Å². The van der Waals surface area contributed by atoms with Gasteiger partial charge in [0.2, 0.25) is 0 Å². The maximum absolute atomic E-state index is 12.6. The maximum Gasteiger partial charge on any atom is 0.322 e. The van der Waals surface area contributed by atoms with Crippen molar-refractivity contribution in [2.24, 2.45) is 0 Å². The number of rotatable bonds is 3. The summed E-state index contributed by atoms with van der Waals surface area (Å²) in [5.74, 6) is 0. The molecular formula is C20H24N2O. The Morgan fingerprint density at radius 2 is 1.83 bits per heavy atom. The summed E-state index contributed by atoms with van der Waals surface area (Å²) in [6, 6.07) is 16.8. The lowest BCUT2D eigenvalue weighted by Crippen LogP contribution is -2.34. The molecule has 120 valence electrons. The van der Waals surface area contributed by atoms with Crippen LogP contribution in [0, 0.1) is 6.92 Å². The number of nitrogens with zero attached hydrogens (tertiary/aromatic N) is 1. The summed E-state index contributed by atoms with van der Waals surface area (Å²) >= 11 is 0. The van der Waals surface area contributed by atoms with E-state index in [0.29, 0.717) is 0 Å². The van der Waals surface area contributed by atoms with Gasteiger partial charge in [0.05, 0.1) is 6.04 Å². The predicted octanol–water partition coefficient (Wildman–Crippen LogP) is 4.93. The lowest BCUT2D eigenvalue weighted by molar-refractivity contribution is 0.207. The molecule has 2 aromatic carbocycles. The van der Waals surface area contributed by atoms with Crippen LogP contribution in [0.3, 0.4) is 0 Å². The van der Waals surface area contributed by atoms with E-state index in [1.807, 2.05) is 17.0 Å². The molecule has 2 amide bonds. The lowest BCUT2D eigenvalue weighted by atomic mass is 10.0. The highest BCUT2D eigenvalue weighted by atomic mass is 16.2. The third kappa shape index (κ3) is 3.55. The number of anilines is 1. The van der Waals surface area contributed by atoms with E-state index in [2.05, 4.69) is 55.6 Å². The number of hydrogen-bond acceptors (Lipinski definition) is 1. The molecule has 2 aromatic rings. The number of hydrogen-bond donors (Lipinski definition) is 1. The Kier molecular flexibility index (Phi) is 4.65. The Bertz CT molecular complexity index is 661. The first kappa shape index (κ1) is 15.6. The molecule has 1 atom stereocenters. The lowest BCUT2D eigenvalue weighted by Gasteiger charge is -2.25. The Labute approximate surface area is 138 Å². The van der Waals surface area contributed by atoms with Crippen molar-refractivity contribution < 1.29 is 4.79 Å². The van der Waals surface area contributed by atoms with E-state index in [4.69, 9.17) is 0 Å². The molecule has 0 aromatic heterocycles. The first-order valence-corrected chi connectivity index (χ1v) is 8.40. The number of nitrogens with one attached hydrogen (secondary N) is 1. The van der Waals surface area contributed by atoms with E-state index >= 15 is 0 Å². The number of carbonyl (C=O) groups is 1. The summed E-state index contributed by atoms with van der Waals surface area (Å²) in [6.07, 6.45) is 3.10. The smallest absolute Gasteiger partial charge is 0.317 e. The van der Waals surface area contributed by atoms with Crippen molar-refractivity contribution in [3.05, 3.63) is 65.2 Å². The third-order valence-corrected chi connectivity index (χ3v) is 4.59. The minimum Gasteiger partial charge on any atom is -0.317 e. The van der Waals surface area contributed by atoms with Gasteiger partial charge in [-0.25, -0.2) is 4.79 Å². The fourth-order valence-corrected chi connectivity index (χ4v) is 3.16. The highest BCUT2D eigenvalue weighted by molar-refractivity contribution is 5.89. The van der Waals surface area contributed by atoms with E-state index in [1.165, 1.54) is 16.7 Å². The second-order valence-electron chi connectivity index (χ2n) is 6.24. The second-order valence-corrected chi connectivity index (χ2v) is 6.24. The molecule has 0 radical (unpaired) electrons. The monoisotopic (exact) mass is 308 g/mol. The summed E-state index contributed by atoms with van der Waals surface area (Å²) in [4.78, 5) is 14.6. The van der Waals surface area contributed by atoms with Crippen LogP contribution in [0.1, 0.15) is 42.5 Å². The average Bonchev–Trinajstić information content (AvgIpc) is 3.06. The van der Waals surface area contributed by atoms with Gasteiger partial charge in [0.1, 0.15) is 0 Å². The van der Waals surface area contributed by atoms with Gasteiger partial charge >= 0.3 is 6.03 Å². The molecule has 3 rings (SSSR count). The molecule has 0 saturated carbocycles. The Morgan fingerprint density at radius 3 is 2.48 bits per heavy atom. The molecule has 1 N–H and O–H groups in total. The van der Waals surface area contributed by atoms with Gasteiger partial charge in [-0.2, -0.15) is 0 Å². The van der Waals surface area contributed by atoms with Gasteiger partial charge in [0.15, 0.2) is 0 Å². The quantitative estimate of drug-likeness (QED) is 0.857. The van der Waals surface area contributed by atoms with Gasteiger partial charge in [0, 0.05) is 12.2 Å². The molecule has 0 unspecified atom stereocenters. The molecule has 3 nitrogen and oxygen atoms in total. The average molecular weight is 308 g/mol. The molecular weight excluding hydrogens is 284 g/mol. The van der Waals surface area contributed by atoms with Crippen LogP contribution < -0.4 is 5.32 Å². The predicted molar refractivity (Wildman–Crippen MR) is 94.7 cm³/mol. The Hall–Kier alpha value is -2.29. The number of benzene rings is 2. The summed E-state index contributed by atoms with van der Waals surface area (Å²) in [5.41, 5.74) is 4.62. The molecule has 0 bridgehead atoms. The molecule has 23 heavy (non-hydrogen) atoms. The zero-order chi connectivity index (χ0) is 16.2. The zero-order valence-electron chi connectivity index (χ0n) is 13.9. The number of carbonyl (C=O) groups excluding carboxylic acids is 1. The van der Waals surface area contributed by atoms with E-state index in [9.17, 15) is 4.79 Å². The fraction of sp³-hybridized carbons (Fsp3) is 0.350. The Balaban J connectivity index is 1.71. The van der Waals surface area contributed by atoms with E-state index in [-0.39, 0.29) is 12.1 Å². The molecule has 0 spiro atoms. The van der Waals surface area contributed by atoms with Crippen molar-refractivity contribution in [1.29, 1.82) is 0 Å². The third-order valence-electron chi connectivity index (χ3n) is 4.59. The second kappa shape index (κ2) is 6.86. The van der Waals surface area contributed by atoms with Crippen LogP contribution in [0.2, 0.25) is 0 Å². The van der Waals surface area contributed by atoms with Crippen LogP contribution in [0.4, 0.5) is 10.5 Å². The number of urea groups is 1. The van der Waals surface area contributed by atoms with Crippen LogP contribution >= 0.6 is 0 Å². The first-order chi connectivity index (χ1) is 11.2. The topological polar surface area (TPSA) is 32.3 Å². The van der Waals surface area contributed by atoms with Crippen molar-refractivity contribution in [3.8, 4) is 0 Å². The van der Waals surface area contributed by atoms with Gasteiger partial charge in [-0.1, -0.05) is 48.9 Å². The first-order valence-electron chi connectivity index (χ1n) is 8.40. The summed E-state index contributed by atoms with van der Waals surface area (Å²) < 4.78 is 0. The standard InChI is InChI=1S/C20H24N2O/c1-3-16-8-12-18(13-9-16)21-20(23)22-14-4-5-19(22)17-10-6-15(2)7-11-17/h6-13,19H,3-5,14H2,1-2H3,(H,21,23)/t19-/m1/s1. The SMILES string of the molecule is CCc1ccc(NC(=O)N2CCC[C@@H]2c2ccc(C)cc2)cc1. The molecule has 0 aliphatic carbocycles. The van der Waals surface area contributed by atoms with Crippen LogP contribution in [0.25, 0.3) is 0 Å². The summed E-state index contributed by atoms with van der Waals surface area (Å²) in [7, 11) is 0. The normalized spacial score (nSPS) is 17.3. The maximum atomic E-state index is 12.6. The minimum atomic E-state index is -0.00248. The fourth-order valence-electron chi connectivity index (χ4n) is 3.16. The number of amides is 2. The highest BCUT2D eigenvalue weighted by Gasteiger charge is 2.29. The molecule has 1 aliphatic rings. The van der Waals surface area contributed by atoms with Crippen molar-refractivity contribution in [1.82, 2.24) is 4.90 Å². The molecule has 1 fully saturated rings. The molecule has 1 heterocycles. The van der Waals surface area contributed by atoms with Gasteiger partial charge in [-0.3, -0.25) is 0 Å². The summed E-state index contributed by atoms with van der Waals surface area (Å²) in [6.45, 7) is 5.03. The van der Waals surface area contributed by atoms with Gasteiger partial charge < -0.3 is 10.2 Å². The number of likely N-dealkylation sites (tertiary alicyclic amines) is 1. The molecule has 3 heteroatoms. The van der Waals surface area contributed by atoms with Crippen LogP contribution in [-0.4, -0.2) is 17.5 Å². The van der Waals surface area contributed by atoms with Crippen molar-refractivity contribution in [2.75, 3.05) is 11.9 Å². The minimum absolute atomic E-state index is 0.00248. The molecule has 1 aliphatic heterocycles. The zero-order valence-corrected chi connectivity index (χ0v) is 13.9. The van der Waals surface area contributed by atoms with Crippen molar-refractivity contribution >= 4 is 11.7 Å². The highest BCUT2D eigenvalue weighted by Crippen LogP contribution is 2.32.